The number of amidine groups is 1. The number of nitrogens with zero attached hydrogens (tertiary/aromatic N) is 3. The molecule has 2 aromatic carbocycles. The van der Waals surface area contributed by atoms with Gasteiger partial charge in [0.1, 0.15) is 5.84 Å². The fourth-order valence-corrected chi connectivity index (χ4v) is 6.39. The molecule has 3 aliphatic heterocycles. The second kappa shape index (κ2) is 11.0. The molecule has 1 saturated heterocycles. The number of anilines is 1. The molecule has 5 rings (SSSR count). The third-order valence-electron chi connectivity index (χ3n) is 8.12. The lowest BCUT2D eigenvalue weighted by atomic mass is 9.65. The fourth-order valence-electron chi connectivity index (χ4n) is 6.39. The summed E-state index contributed by atoms with van der Waals surface area (Å²) in [5.74, 6) is -0.841. The predicted octanol–water partition coefficient (Wildman–Crippen LogP) is 4.53. The average Bonchev–Trinajstić information content (AvgIpc) is 3.24. The molecule has 0 aromatic heterocycles. The molecule has 204 valence electrons. The monoisotopic (exact) mass is 529 g/mol. The summed E-state index contributed by atoms with van der Waals surface area (Å²) in [6, 6.07) is 17.5. The standard InChI is InChI=1S/C31H35N3O5/c1-4-5-6-12-19-33-24(35)17-18-31-22-15-10-11-16-23(22)34(20-21-13-8-7-9-14-21)27(31)25(28(36)38-2)26(29(37)39-3)32-30(31)33/h7-11,13-16,27H,4-6,12,17-20H2,1-3H3/t27-,31-/m0/s1. The molecule has 2 aromatic rings. The normalized spacial score (nSPS) is 21.7. The summed E-state index contributed by atoms with van der Waals surface area (Å²) in [5, 5.41) is 0. The van der Waals surface area contributed by atoms with Gasteiger partial charge in [-0.15, -0.1) is 0 Å². The first-order chi connectivity index (χ1) is 19.0. The van der Waals surface area contributed by atoms with E-state index < -0.39 is 23.4 Å². The largest absolute Gasteiger partial charge is 0.466 e. The highest BCUT2D eigenvalue weighted by atomic mass is 16.5. The van der Waals surface area contributed by atoms with Crippen molar-refractivity contribution in [3.05, 3.63) is 77.0 Å². The number of esters is 2. The summed E-state index contributed by atoms with van der Waals surface area (Å²) < 4.78 is 10.4. The van der Waals surface area contributed by atoms with E-state index in [-0.39, 0.29) is 17.2 Å². The Morgan fingerprint density at radius 1 is 0.974 bits per heavy atom. The molecule has 3 aliphatic rings. The number of unbranched alkanes of at least 4 members (excludes halogenated alkanes) is 3. The first-order valence-corrected chi connectivity index (χ1v) is 13.7. The van der Waals surface area contributed by atoms with E-state index in [1.807, 2.05) is 48.5 Å². The van der Waals surface area contributed by atoms with Gasteiger partial charge in [0.2, 0.25) is 5.91 Å². The van der Waals surface area contributed by atoms with Gasteiger partial charge >= 0.3 is 11.9 Å². The molecular formula is C31H35N3O5. The van der Waals surface area contributed by atoms with E-state index in [0.29, 0.717) is 31.8 Å². The van der Waals surface area contributed by atoms with Crippen LogP contribution in [0.3, 0.4) is 0 Å². The number of para-hydroxylation sites is 1. The summed E-state index contributed by atoms with van der Waals surface area (Å²) in [4.78, 5) is 48.8. The number of hydrogen-bond acceptors (Lipinski definition) is 7. The molecule has 0 saturated carbocycles. The molecular weight excluding hydrogens is 494 g/mol. The number of methoxy groups -OCH3 is 2. The molecule has 39 heavy (non-hydrogen) atoms. The van der Waals surface area contributed by atoms with Crippen LogP contribution in [0.25, 0.3) is 0 Å². The molecule has 8 heteroatoms. The van der Waals surface area contributed by atoms with Gasteiger partial charge in [0.15, 0.2) is 5.70 Å². The van der Waals surface area contributed by atoms with Crippen LogP contribution < -0.4 is 4.90 Å². The van der Waals surface area contributed by atoms with E-state index >= 15 is 0 Å². The number of benzene rings is 2. The number of hydrogen-bond donors (Lipinski definition) is 0. The molecule has 0 bridgehead atoms. The predicted molar refractivity (Wildman–Crippen MR) is 148 cm³/mol. The van der Waals surface area contributed by atoms with Crippen LogP contribution in [-0.2, 0) is 35.8 Å². The summed E-state index contributed by atoms with van der Waals surface area (Å²) >= 11 is 0. The zero-order valence-corrected chi connectivity index (χ0v) is 22.8. The van der Waals surface area contributed by atoms with E-state index in [9.17, 15) is 14.4 Å². The zero-order chi connectivity index (χ0) is 27.6. The molecule has 0 unspecified atom stereocenters. The van der Waals surface area contributed by atoms with Crippen molar-refractivity contribution in [1.29, 1.82) is 0 Å². The van der Waals surface area contributed by atoms with Crippen molar-refractivity contribution in [1.82, 2.24) is 4.90 Å². The summed E-state index contributed by atoms with van der Waals surface area (Å²) in [5.41, 5.74) is 2.28. The summed E-state index contributed by atoms with van der Waals surface area (Å²) in [6.07, 6.45) is 4.77. The first-order valence-electron chi connectivity index (χ1n) is 13.7. The second-order valence-corrected chi connectivity index (χ2v) is 10.3. The van der Waals surface area contributed by atoms with Crippen LogP contribution in [0.5, 0.6) is 0 Å². The average molecular weight is 530 g/mol. The van der Waals surface area contributed by atoms with Crippen LogP contribution in [0.2, 0.25) is 0 Å². The molecule has 1 amide bonds. The third kappa shape index (κ3) is 4.41. The van der Waals surface area contributed by atoms with Gasteiger partial charge in [0, 0.05) is 25.2 Å². The Balaban J connectivity index is 1.75. The highest BCUT2D eigenvalue weighted by Crippen LogP contribution is 2.56. The lowest BCUT2D eigenvalue weighted by Gasteiger charge is -2.48. The molecule has 0 N–H and O–H groups in total. The van der Waals surface area contributed by atoms with Gasteiger partial charge < -0.3 is 14.4 Å². The maximum atomic E-state index is 13.5. The number of carbonyl (C=O) groups is 3. The molecule has 0 radical (unpaired) electrons. The number of ether oxygens (including phenoxy) is 2. The van der Waals surface area contributed by atoms with Crippen LogP contribution >= 0.6 is 0 Å². The summed E-state index contributed by atoms with van der Waals surface area (Å²) in [7, 11) is 2.58. The van der Waals surface area contributed by atoms with Gasteiger partial charge in [0.05, 0.1) is 31.2 Å². The number of rotatable bonds is 9. The lowest BCUT2D eigenvalue weighted by Crippen LogP contribution is -2.63. The Hall–Kier alpha value is -3.94. The van der Waals surface area contributed by atoms with Gasteiger partial charge in [-0.3, -0.25) is 9.69 Å². The number of aliphatic imine (C=N–C) groups is 1. The number of fused-ring (bicyclic) bond motifs is 1. The molecule has 8 nitrogen and oxygen atoms in total. The van der Waals surface area contributed by atoms with Gasteiger partial charge in [-0.2, -0.15) is 0 Å². The fraction of sp³-hybridized carbons (Fsp3) is 0.419. The molecule has 1 spiro atoms. The van der Waals surface area contributed by atoms with E-state index in [0.717, 1.165) is 42.5 Å². The Labute approximate surface area is 229 Å². The minimum Gasteiger partial charge on any atom is -0.466 e. The van der Waals surface area contributed by atoms with Crippen LogP contribution in [0, 0.1) is 0 Å². The maximum Gasteiger partial charge on any atom is 0.357 e. The van der Waals surface area contributed by atoms with Gasteiger partial charge in [0.25, 0.3) is 0 Å². The number of amides is 1. The van der Waals surface area contributed by atoms with Crippen molar-refractivity contribution >= 4 is 29.4 Å². The summed E-state index contributed by atoms with van der Waals surface area (Å²) in [6.45, 7) is 3.15. The van der Waals surface area contributed by atoms with Gasteiger partial charge in [-0.25, -0.2) is 14.6 Å². The van der Waals surface area contributed by atoms with Crippen molar-refractivity contribution in [2.24, 2.45) is 4.99 Å². The molecule has 2 atom stereocenters. The molecule has 1 fully saturated rings. The highest BCUT2D eigenvalue weighted by molar-refractivity contribution is 6.15. The zero-order valence-electron chi connectivity index (χ0n) is 22.8. The van der Waals surface area contributed by atoms with Crippen molar-refractivity contribution in [2.45, 2.75) is 63.5 Å². The van der Waals surface area contributed by atoms with E-state index in [1.54, 1.807) is 4.90 Å². The number of piperidine rings is 1. The van der Waals surface area contributed by atoms with Crippen molar-refractivity contribution in [3.63, 3.8) is 0 Å². The number of likely N-dealkylation sites (tertiary alicyclic amines) is 1. The Bertz CT molecular complexity index is 1330. The van der Waals surface area contributed by atoms with E-state index in [4.69, 9.17) is 14.5 Å². The topological polar surface area (TPSA) is 88.5 Å². The van der Waals surface area contributed by atoms with Crippen LogP contribution in [0.1, 0.15) is 56.6 Å². The van der Waals surface area contributed by atoms with Crippen LogP contribution in [0.15, 0.2) is 70.9 Å². The van der Waals surface area contributed by atoms with Crippen LogP contribution in [-0.4, -0.2) is 55.4 Å². The van der Waals surface area contributed by atoms with Gasteiger partial charge in [-0.05, 0) is 30.0 Å². The van der Waals surface area contributed by atoms with Crippen LogP contribution in [0.4, 0.5) is 5.69 Å². The second-order valence-electron chi connectivity index (χ2n) is 10.3. The third-order valence-corrected chi connectivity index (χ3v) is 8.12. The quantitative estimate of drug-likeness (QED) is 0.350. The number of carbonyl (C=O) groups excluding carboxylic acids is 3. The van der Waals surface area contributed by atoms with Crippen molar-refractivity contribution in [2.75, 3.05) is 25.7 Å². The van der Waals surface area contributed by atoms with Crippen molar-refractivity contribution < 1.29 is 23.9 Å². The highest BCUT2D eigenvalue weighted by Gasteiger charge is 2.63. The minimum absolute atomic E-state index is 0.0145. The Morgan fingerprint density at radius 2 is 1.69 bits per heavy atom. The minimum atomic E-state index is -0.801. The smallest absolute Gasteiger partial charge is 0.357 e. The SMILES string of the molecule is CCCCCCN1C(=O)CC[C@@]23C1=NC(C(=O)OC)=C(C(=O)OC)[C@@H]2N(Cc1ccccc1)c1ccccc13. The lowest BCUT2D eigenvalue weighted by molar-refractivity contribution is -0.140. The van der Waals surface area contributed by atoms with Crippen molar-refractivity contribution in [3.8, 4) is 0 Å². The Morgan fingerprint density at radius 3 is 2.41 bits per heavy atom. The van der Waals surface area contributed by atoms with Gasteiger partial charge in [-0.1, -0.05) is 74.7 Å². The molecule has 3 heterocycles. The van der Waals surface area contributed by atoms with E-state index in [1.165, 1.54) is 14.2 Å². The molecule has 0 aliphatic carbocycles. The Kier molecular flexibility index (Phi) is 7.55. The maximum absolute atomic E-state index is 13.5. The first kappa shape index (κ1) is 26.7. The van der Waals surface area contributed by atoms with E-state index in [2.05, 4.69) is 17.9 Å².